The van der Waals surface area contributed by atoms with Gasteiger partial charge >= 0.3 is 0 Å². The predicted octanol–water partition coefficient (Wildman–Crippen LogP) is 4.25. The number of fused-ring (bicyclic) bond motifs is 1. The maximum atomic E-state index is 13.5. The Kier molecular flexibility index (Phi) is 4.22. The number of aromatic nitrogens is 1. The molecule has 2 aromatic rings. The first-order valence-electron chi connectivity index (χ1n) is 6.93. The van der Waals surface area contributed by atoms with Gasteiger partial charge in [0.2, 0.25) is 0 Å². The van der Waals surface area contributed by atoms with Crippen LogP contribution in [-0.2, 0) is 0 Å². The molecule has 110 valence electrons. The highest BCUT2D eigenvalue weighted by molar-refractivity contribution is 7.99. The summed E-state index contributed by atoms with van der Waals surface area (Å²) >= 11 is 1.75. The van der Waals surface area contributed by atoms with Crippen molar-refractivity contribution in [1.29, 1.82) is 0 Å². The standard InChI is InChI=1S/C16H16F2N2S/c1-10(14-4-2-12(18)9-19-14)20-15-6-7-21-16-5-3-11(17)8-13(15)16/h2-5,8-10,15,20H,6-7H2,1H3. The summed E-state index contributed by atoms with van der Waals surface area (Å²) in [6.07, 6.45) is 2.16. The molecule has 2 unspecified atom stereocenters. The summed E-state index contributed by atoms with van der Waals surface area (Å²) in [6.45, 7) is 1.99. The molecule has 1 aliphatic heterocycles. The van der Waals surface area contributed by atoms with Crippen LogP contribution in [0, 0.1) is 11.6 Å². The van der Waals surface area contributed by atoms with Crippen LogP contribution in [0.15, 0.2) is 41.4 Å². The topological polar surface area (TPSA) is 24.9 Å². The summed E-state index contributed by atoms with van der Waals surface area (Å²) in [6, 6.07) is 8.10. The Balaban J connectivity index is 1.80. The number of halogens is 2. The molecular weight excluding hydrogens is 290 g/mol. The molecule has 1 aliphatic rings. The maximum Gasteiger partial charge on any atom is 0.141 e. The number of nitrogens with zero attached hydrogens (tertiary/aromatic N) is 1. The minimum absolute atomic E-state index is 0.0187. The number of hydrogen-bond donors (Lipinski definition) is 1. The second-order valence-corrected chi connectivity index (χ2v) is 6.30. The third kappa shape index (κ3) is 3.24. The second kappa shape index (κ2) is 6.12. The van der Waals surface area contributed by atoms with Crippen LogP contribution in [0.25, 0.3) is 0 Å². The first kappa shape index (κ1) is 14.5. The molecule has 0 radical (unpaired) electrons. The van der Waals surface area contributed by atoms with Crippen LogP contribution in [0.3, 0.4) is 0 Å². The Labute approximate surface area is 127 Å². The average molecular weight is 306 g/mol. The van der Waals surface area contributed by atoms with Gasteiger partial charge in [-0.15, -0.1) is 11.8 Å². The lowest BCUT2D eigenvalue weighted by molar-refractivity contribution is 0.440. The van der Waals surface area contributed by atoms with E-state index in [0.29, 0.717) is 0 Å². The first-order valence-corrected chi connectivity index (χ1v) is 7.92. The molecule has 0 saturated heterocycles. The summed E-state index contributed by atoms with van der Waals surface area (Å²) < 4.78 is 26.4. The lowest BCUT2D eigenvalue weighted by atomic mass is 10.0. The highest BCUT2D eigenvalue weighted by Crippen LogP contribution is 2.37. The molecule has 0 aliphatic carbocycles. The quantitative estimate of drug-likeness (QED) is 0.917. The Morgan fingerprint density at radius 1 is 1.24 bits per heavy atom. The van der Waals surface area contributed by atoms with Gasteiger partial charge in [0, 0.05) is 17.0 Å². The van der Waals surface area contributed by atoms with Crippen molar-refractivity contribution >= 4 is 11.8 Å². The van der Waals surface area contributed by atoms with Crippen LogP contribution in [0.4, 0.5) is 8.78 Å². The van der Waals surface area contributed by atoms with Crippen molar-refractivity contribution in [2.45, 2.75) is 30.3 Å². The molecule has 0 spiro atoms. The van der Waals surface area contributed by atoms with Gasteiger partial charge in [0.25, 0.3) is 0 Å². The fourth-order valence-electron chi connectivity index (χ4n) is 2.57. The van der Waals surface area contributed by atoms with Crippen molar-refractivity contribution in [3.8, 4) is 0 Å². The van der Waals surface area contributed by atoms with Gasteiger partial charge in [0.05, 0.1) is 11.9 Å². The monoisotopic (exact) mass is 306 g/mol. The molecule has 21 heavy (non-hydrogen) atoms. The zero-order valence-electron chi connectivity index (χ0n) is 11.6. The van der Waals surface area contributed by atoms with Gasteiger partial charge in [-0.25, -0.2) is 8.78 Å². The second-order valence-electron chi connectivity index (χ2n) is 5.16. The van der Waals surface area contributed by atoms with E-state index in [2.05, 4.69) is 10.3 Å². The number of rotatable bonds is 3. The van der Waals surface area contributed by atoms with Crippen molar-refractivity contribution in [3.63, 3.8) is 0 Å². The Bertz CT molecular complexity index is 631. The zero-order valence-corrected chi connectivity index (χ0v) is 12.5. The number of hydrogen-bond acceptors (Lipinski definition) is 3. The fourth-order valence-corrected chi connectivity index (χ4v) is 3.67. The summed E-state index contributed by atoms with van der Waals surface area (Å²) in [5, 5.41) is 3.47. The lowest BCUT2D eigenvalue weighted by Crippen LogP contribution is -2.28. The normalized spacial score (nSPS) is 19.1. The van der Waals surface area contributed by atoms with Crippen molar-refractivity contribution in [2.75, 3.05) is 5.75 Å². The van der Waals surface area contributed by atoms with Gasteiger partial charge in [-0.05, 0) is 55.0 Å². The zero-order chi connectivity index (χ0) is 14.8. The first-order chi connectivity index (χ1) is 10.1. The third-order valence-electron chi connectivity index (χ3n) is 3.66. The van der Waals surface area contributed by atoms with Gasteiger partial charge in [-0.2, -0.15) is 0 Å². The molecule has 5 heteroatoms. The van der Waals surface area contributed by atoms with E-state index in [0.717, 1.165) is 28.3 Å². The largest absolute Gasteiger partial charge is 0.302 e. The van der Waals surface area contributed by atoms with Gasteiger partial charge in [0.1, 0.15) is 11.6 Å². The molecule has 0 fully saturated rings. The highest BCUT2D eigenvalue weighted by Gasteiger charge is 2.23. The van der Waals surface area contributed by atoms with E-state index in [-0.39, 0.29) is 23.7 Å². The molecule has 2 atom stereocenters. The smallest absolute Gasteiger partial charge is 0.141 e. The predicted molar refractivity (Wildman–Crippen MR) is 80.2 cm³/mol. The highest BCUT2D eigenvalue weighted by atomic mass is 32.2. The number of benzene rings is 1. The van der Waals surface area contributed by atoms with Crippen LogP contribution in [0.5, 0.6) is 0 Å². The van der Waals surface area contributed by atoms with E-state index in [4.69, 9.17) is 0 Å². The van der Waals surface area contributed by atoms with Gasteiger partial charge < -0.3 is 5.32 Å². The van der Waals surface area contributed by atoms with Gasteiger partial charge in [-0.3, -0.25) is 4.98 Å². The molecular formula is C16H16F2N2S. The SMILES string of the molecule is CC(NC1CCSc2ccc(F)cc21)c1ccc(F)cn1. The summed E-state index contributed by atoms with van der Waals surface area (Å²) in [7, 11) is 0. The minimum Gasteiger partial charge on any atom is -0.302 e. The minimum atomic E-state index is -0.340. The molecule has 2 heterocycles. The Hall–Kier alpha value is -1.46. The van der Waals surface area contributed by atoms with Crippen LogP contribution in [-0.4, -0.2) is 10.7 Å². The van der Waals surface area contributed by atoms with Crippen molar-refractivity contribution in [1.82, 2.24) is 10.3 Å². The summed E-state index contributed by atoms with van der Waals surface area (Å²) in [4.78, 5) is 5.22. The Morgan fingerprint density at radius 3 is 2.81 bits per heavy atom. The fraction of sp³-hybridized carbons (Fsp3) is 0.312. The molecule has 3 rings (SSSR count). The van der Waals surface area contributed by atoms with Crippen molar-refractivity contribution in [3.05, 3.63) is 59.4 Å². The van der Waals surface area contributed by atoms with E-state index in [9.17, 15) is 8.78 Å². The van der Waals surface area contributed by atoms with E-state index < -0.39 is 0 Å². The molecule has 1 aromatic carbocycles. The summed E-state index contributed by atoms with van der Waals surface area (Å²) in [5.74, 6) is 0.447. The van der Waals surface area contributed by atoms with Crippen LogP contribution in [0.2, 0.25) is 0 Å². The molecule has 0 saturated carbocycles. The van der Waals surface area contributed by atoms with Crippen LogP contribution < -0.4 is 5.32 Å². The van der Waals surface area contributed by atoms with Crippen LogP contribution in [0.1, 0.15) is 36.7 Å². The molecule has 0 amide bonds. The van der Waals surface area contributed by atoms with E-state index >= 15 is 0 Å². The average Bonchev–Trinajstić information content (AvgIpc) is 2.48. The Morgan fingerprint density at radius 2 is 2.05 bits per heavy atom. The van der Waals surface area contributed by atoms with Crippen molar-refractivity contribution < 1.29 is 8.78 Å². The molecule has 2 nitrogen and oxygen atoms in total. The van der Waals surface area contributed by atoms with Gasteiger partial charge in [-0.1, -0.05) is 0 Å². The van der Waals surface area contributed by atoms with E-state index in [1.807, 2.05) is 13.0 Å². The molecule has 1 aromatic heterocycles. The summed E-state index contributed by atoms with van der Waals surface area (Å²) in [5.41, 5.74) is 1.78. The van der Waals surface area contributed by atoms with Crippen molar-refractivity contribution in [2.24, 2.45) is 0 Å². The number of pyridine rings is 1. The van der Waals surface area contributed by atoms with Crippen LogP contribution >= 0.6 is 11.8 Å². The third-order valence-corrected chi connectivity index (χ3v) is 4.78. The lowest BCUT2D eigenvalue weighted by Gasteiger charge is -2.28. The number of thioether (sulfide) groups is 1. The van der Waals surface area contributed by atoms with E-state index in [1.165, 1.54) is 18.3 Å². The molecule has 1 N–H and O–H groups in total. The number of nitrogens with one attached hydrogen (secondary N) is 1. The maximum absolute atomic E-state index is 13.5. The van der Waals surface area contributed by atoms with E-state index in [1.54, 1.807) is 23.9 Å². The molecule has 0 bridgehead atoms. The van der Waals surface area contributed by atoms with Gasteiger partial charge in [0.15, 0.2) is 0 Å².